The highest BCUT2D eigenvalue weighted by molar-refractivity contribution is 7.92. The number of thiocarbonyl (C=S) groups is 1. The lowest BCUT2D eigenvalue weighted by atomic mass is 9.87. The lowest BCUT2D eigenvalue weighted by molar-refractivity contribution is 0.590. The Bertz CT molecular complexity index is 1020. The molecule has 2 aromatic rings. The summed E-state index contributed by atoms with van der Waals surface area (Å²) in [4.78, 5) is 0. The van der Waals surface area contributed by atoms with Crippen molar-refractivity contribution in [3.05, 3.63) is 70.8 Å². The molecule has 7 heteroatoms. The first-order valence-electron chi connectivity index (χ1n) is 9.74. The zero-order valence-corrected chi connectivity index (χ0v) is 19.9. The molecule has 2 rings (SSSR count). The summed E-state index contributed by atoms with van der Waals surface area (Å²) >= 11 is 5.39. The van der Waals surface area contributed by atoms with E-state index in [1.807, 2.05) is 19.1 Å². The quantitative estimate of drug-likeness (QED) is 0.549. The molecule has 0 saturated carbocycles. The zero-order valence-electron chi connectivity index (χ0n) is 18.3. The molecule has 0 unspecified atom stereocenters. The number of nitrogens with one attached hydrogen (secondary N) is 3. The van der Waals surface area contributed by atoms with Gasteiger partial charge in [-0.05, 0) is 58.4 Å². The monoisotopic (exact) mass is 445 g/mol. The van der Waals surface area contributed by atoms with Crippen molar-refractivity contribution in [2.75, 3.05) is 11.0 Å². The summed E-state index contributed by atoms with van der Waals surface area (Å²) in [6.07, 6.45) is 2.78. The van der Waals surface area contributed by atoms with E-state index in [0.29, 0.717) is 23.9 Å². The van der Waals surface area contributed by atoms with Gasteiger partial charge in [-0.25, -0.2) is 8.42 Å². The predicted molar refractivity (Wildman–Crippen MR) is 131 cm³/mol. The van der Waals surface area contributed by atoms with E-state index in [4.69, 9.17) is 12.2 Å². The minimum Gasteiger partial charge on any atom is -0.359 e. The van der Waals surface area contributed by atoms with E-state index in [-0.39, 0.29) is 5.41 Å². The summed E-state index contributed by atoms with van der Waals surface area (Å²) in [5.74, 6) is 0. The number of rotatable bonds is 7. The molecule has 0 spiro atoms. The van der Waals surface area contributed by atoms with E-state index in [1.165, 1.54) is 5.56 Å². The van der Waals surface area contributed by atoms with Gasteiger partial charge in [-0.1, -0.05) is 63.8 Å². The van der Waals surface area contributed by atoms with Gasteiger partial charge >= 0.3 is 0 Å². The van der Waals surface area contributed by atoms with Crippen molar-refractivity contribution in [3.8, 4) is 0 Å². The summed E-state index contributed by atoms with van der Waals surface area (Å²) in [6.45, 7) is 13.4. The molecule has 0 bridgehead atoms. The van der Waals surface area contributed by atoms with Crippen molar-refractivity contribution in [1.82, 2.24) is 10.6 Å². The first-order valence-corrected chi connectivity index (χ1v) is 12.0. The molecule has 0 aliphatic carbocycles. The Morgan fingerprint density at radius 2 is 1.63 bits per heavy atom. The Morgan fingerprint density at radius 1 is 1.07 bits per heavy atom. The van der Waals surface area contributed by atoms with Crippen LogP contribution < -0.4 is 15.4 Å². The summed E-state index contributed by atoms with van der Waals surface area (Å²) in [6, 6.07) is 12.4. The first kappa shape index (κ1) is 23.9. The standard InChI is InChI=1S/C23H31N3O2S2/c1-7-19-13-18(12-16(2)21(19)26-30(6,27)28)15-25-22(29)24-14-17-8-10-20(11-9-17)23(3,4)5/h7-13,26H,1,14-15H2,2-6H3,(H2,24,25,29). The molecule has 0 heterocycles. The second kappa shape index (κ2) is 9.62. The van der Waals surface area contributed by atoms with Crippen molar-refractivity contribution in [2.45, 2.75) is 46.2 Å². The molecule has 2 aromatic carbocycles. The van der Waals surface area contributed by atoms with Gasteiger partial charge in [-0.3, -0.25) is 4.72 Å². The Labute approximate surface area is 186 Å². The fraction of sp³-hybridized carbons (Fsp3) is 0.348. The molecule has 0 aliphatic heterocycles. The van der Waals surface area contributed by atoms with Gasteiger partial charge in [0.25, 0.3) is 0 Å². The Hall–Kier alpha value is -2.38. The maximum absolute atomic E-state index is 11.6. The molecule has 5 nitrogen and oxygen atoms in total. The number of hydrogen-bond acceptors (Lipinski definition) is 3. The van der Waals surface area contributed by atoms with Crippen molar-refractivity contribution in [2.24, 2.45) is 0 Å². The SMILES string of the molecule is C=Cc1cc(CNC(=S)NCc2ccc(C(C)(C)C)cc2)cc(C)c1NS(C)(=O)=O. The van der Waals surface area contributed by atoms with Crippen LogP contribution in [-0.2, 0) is 28.5 Å². The molecule has 0 fully saturated rings. The summed E-state index contributed by atoms with van der Waals surface area (Å²) in [5.41, 5.74) is 5.69. The average Bonchev–Trinajstić information content (AvgIpc) is 2.65. The van der Waals surface area contributed by atoms with Crippen LogP contribution in [-0.4, -0.2) is 19.8 Å². The Balaban J connectivity index is 1.96. The number of anilines is 1. The lowest BCUT2D eigenvalue weighted by Gasteiger charge is -2.19. The molecule has 0 atom stereocenters. The topological polar surface area (TPSA) is 70.2 Å². The van der Waals surface area contributed by atoms with E-state index >= 15 is 0 Å². The van der Waals surface area contributed by atoms with Gasteiger partial charge in [0, 0.05) is 13.1 Å². The maximum Gasteiger partial charge on any atom is 0.229 e. The fourth-order valence-corrected chi connectivity index (χ4v) is 3.82. The highest BCUT2D eigenvalue weighted by atomic mass is 32.2. The second-order valence-corrected chi connectivity index (χ2v) is 10.6. The van der Waals surface area contributed by atoms with Crippen LogP contribution in [0.15, 0.2) is 43.0 Å². The van der Waals surface area contributed by atoms with E-state index in [9.17, 15) is 8.42 Å². The molecule has 0 saturated heterocycles. The van der Waals surface area contributed by atoms with Crippen LogP contribution in [0.1, 0.15) is 48.6 Å². The highest BCUT2D eigenvalue weighted by Crippen LogP contribution is 2.25. The molecular formula is C23H31N3O2S2. The van der Waals surface area contributed by atoms with E-state index < -0.39 is 10.0 Å². The third-order valence-corrected chi connectivity index (χ3v) is 5.52. The molecule has 0 aromatic heterocycles. The first-order chi connectivity index (χ1) is 13.9. The number of benzene rings is 2. The molecule has 30 heavy (non-hydrogen) atoms. The van der Waals surface area contributed by atoms with Crippen LogP contribution in [0, 0.1) is 6.92 Å². The number of aryl methyl sites for hydroxylation is 1. The van der Waals surface area contributed by atoms with Gasteiger partial charge in [-0.15, -0.1) is 0 Å². The van der Waals surface area contributed by atoms with Crippen molar-refractivity contribution < 1.29 is 8.42 Å². The van der Waals surface area contributed by atoms with E-state index in [0.717, 1.165) is 28.5 Å². The summed E-state index contributed by atoms with van der Waals surface area (Å²) in [5, 5.41) is 6.98. The largest absolute Gasteiger partial charge is 0.359 e. The highest BCUT2D eigenvalue weighted by Gasteiger charge is 2.13. The van der Waals surface area contributed by atoms with Gasteiger partial charge in [0.05, 0.1) is 11.9 Å². The minimum atomic E-state index is -3.36. The van der Waals surface area contributed by atoms with Gasteiger partial charge in [0.15, 0.2) is 5.11 Å². The maximum atomic E-state index is 11.6. The molecule has 162 valence electrons. The smallest absolute Gasteiger partial charge is 0.229 e. The van der Waals surface area contributed by atoms with Crippen molar-refractivity contribution in [1.29, 1.82) is 0 Å². The van der Waals surface area contributed by atoms with Gasteiger partial charge < -0.3 is 10.6 Å². The van der Waals surface area contributed by atoms with Crippen LogP contribution in [0.25, 0.3) is 6.08 Å². The van der Waals surface area contributed by atoms with Crippen LogP contribution in [0.5, 0.6) is 0 Å². The van der Waals surface area contributed by atoms with Crippen molar-refractivity contribution in [3.63, 3.8) is 0 Å². The van der Waals surface area contributed by atoms with Crippen LogP contribution in [0.4, 0.5) is 5.69 Å². The van der Waals surface area contributed by atoms with Crippen LogP contribution in [0.3, 0.4) is 0 Å². The van der Waals surface area contributed by atoms with Crippen molar-refractivity contribution >= 4 is 39.1 Å². The number of hydrogen-bond donors (Lipinski definition) is 3. The van der Waals surface area contributed by atoms with E-state index in [1.54, 1.807) is 6.08 Å². The van der Waals surface area contributed by atoms with Gasteiger partial charge in [-0.2, -0.15) is 0 Å². The molecule has 0 aliphatic rings. The lowest BCUT2D eigenvalue weighted by Crippen LogP contribution is -2.34. The fourth-order valence-electron chi connectivity index (χ4n) is 3.03. The predicted octanol–water partition coefficient (Wildman–Crippen LogP) is 4.47. The summed E-state index contributed by atoms with van der Waals surface area (Å²) < 4.78 is 25.7. The summed E-state index contributed by atoms with van der Waals surface area (Å²) in [7, 11) is -3.36. The second-order valence-electron chi connectivity index (χ2n) is 8.44. The molecule has 0 amide bonds. The Kier molecular flexibility index (Phi) is 7.66. The number of sulfonamides is 1. The third kappa shape index (κ3) is 7.15. The third-order valence-electron chi connectivity index (χ3n) is 4.66. The zero-order chi connectivity index (χ0) is 22.5. The average molecular weight is 446 g/mol. The van der Waals surface area contributed by atoms with E-state index in [2.05, 4.69) is 67.0 Å². The van der Waals surface area contributed by atoms with Crippen LogP contribution in [0.2, 0.25) is 0 Å². The van der Waals surface area contributed by atoms with Gasteiger partial charge in [0.1, 0.15) is 0 Å². The van der Waals surface area contributed by atoms with Crippen LogP contribution >= 0.6 is 12.2 Å². The Morgan fingerprint density at radius 3 is 2.13 bits per heavy atom. The molecular weight excluding hydrogens is 414 g/mol. The van der Waals surface area contributed by atoms with Gasteiger partial charge in [0.2, 0.25) is 10.0 Å². The minimum absolute atomic E-state index is 0.137. The molecule has 0 radical (unpaired) electrons. The molecule has 3 N–H and O–H groups in total. The normalized spacial score (nSPS) is 11.6.